The Morgan fingerprint density at radius 1 is 0.950 bits per heavy atom. The molecule has 104 valence electrons. The number of carboxylic acid groups (broad SMARTS) is 1. The molecule has 0 bridgehead atoms. The number of nitrogens with zero attached hydrogens (tertiary/aromatic N) is 1. The van der Waals surface area contributed by atoms with Gasteiger partial charge in [0, 0.05) is 13.1 Å². The second-order valence-corrected chi connectivity index (χ2v) is 4.61. The van der Waals surface area contributed by atoms with Crippen molar-refractivity contribution < 1.29 is 15.0 Å². The van der Waals surface area contributed by atoms with Gasteiger partial charge in [0.25, 0.3) is 0 Å². The third kappa shape index (κ3) is 4.02. The Kier molecular flexibility index (Phi) is 4.60. The van der Waals surface area contributed by atoms with Crippen LogP contribution in [0.2, 0.25) is 0 Å². The normalized spacial score (nSPS) is 10.2. The minimum Gasteiger partial charge on any atom is -0.508 e. The first kappa shape index (κ1) is 13.9. The lowest BCUT2D eigenvalue weighted by Gasteiger charge is -2.19. The molecular formula is C16H17NO3. The Hall–Kier alpha value is -2.49. The lowest BCUT2D eigenvalue weighted by atomic mass is 10.1. The standard InChI is InChI=1S/C16H17NO3/c18-15-8-6-14(7-9-15)12-17(16(19)20)11-10-13-4-2-1-3-5-13/h1-9,18H,10-12H2,(H,19,20). The van der Waals surface area contributed by atoms with Gasteiger partial charge in [-0.05, 0) is 29.7 Å². The van der Waals surface area contributed by atoms with Crippen molar-refractivity contribution in [1.29, 1.82) is 0 Å². The average Bonchev–Trinajstić information content (AvgIpc) is 2.46. The number of phenolic OH excluding ortho intramolecular Hbond substituents is 1. The number of amides is 1. The van der Waals surface area contributed by atoms with E-state index < -0.39 is 6.09 Å². The lowest BCUT2D eigenvalue weighted by Crippen LogP contribution is -2.30. The summed E-state index contributed by atoms with van der Waals surface area (Å²) in [6.45, 7) is 0.767. The van der Waals surface area contributed by atoms with E-state index in [0.717, 1.165) is 11.1 Å². The summed E-state index contributed by atoms with van der Waals surface area (Å²) in [6.07, 6.45) is -0.250. The fourth-order valence-electron chi connectivity index (χ4n) is 1.97. The summed E-state index contributed by atoms with van der Waals surface area (Å²) in [7, 11) is 0. The molecule has 0 aliphatic carbocycles. The summed E-state index contributed by atoms with van der Waals surface area (Å²) in [4.78, 5) is 12.6. The smallest absolute Gasteiger partial charge is 0.407 e. The highest BCUT2D eigenvalue weighted by atomic mass is 16.4. The van der Waals surface area contributed by atoms with E-state index in [2.05, 4.69) is 0 Å². The molecule has 0 aliphatic rings. The molecule has 0 fully saturated rings. The second kappa shape index (κ2) is 6.61. The number of carbonyl (C=O) groups is 1. The topological polar surface area (TPSA) is 60.8 Å². The van der Waals surface area contributed by atoms with E-state index in [9.17, 15) is 15.0 Å². The molecule has 0 spiro atoms. The molecule has 0 aromatic heterocycles. The number of hydrogen-bond donors (Lipinski definition) is 2. The summed E-state index contributed by atoms with van der Waals surface area (Å²) in [5, 5.41) is 18.5. The maximum Gasteiger partial charge on any atom is 0.407 e. The molecule has 0 saturated carbocycles. The summed E-state index contributed by atoms with van der Waals surface area (Å²) in [5.41, 5.74) is 1.97. The predicted octanol–water partition coefficient (Wildman–Crippen LogP) is 3.11. The third-order valence-corrected chi connectivity index (χ3v) is 3.09. The molecule has 0 saturated heterocycles. The quantitative estimate of drug-likeness (QED) is 0.878. The Bertz CT molecular complexity index is 552. The van der Waals surface area contributed by atoms with Crippen molar-refractivity contribution in [3.8, 4) is 5.75 Å². The number of aromatic hydroxyl groups is 1. The number of rotatable bonds is 5. The highest BCUT2D eigenvalue weighted by Gasteiger charge is 2.12. The van der Waals surface area contributed by atoms with Crippen molar-refractivity contribution in [1.82, 2.24) is 4.90 Å². The summed E-state index contributed by atoms with van der Waals surface area (Å²) >= 11 is 0. The number of benzene rings is 2. The molecule has 4 nitrogen and oxygen atoms in total. The van der Waals surface area contributed by atoms with Crippen LogP contribution in [0.3, 0.4) is 0 Å². The SMILES string of the molecule is O=C(O)N(CCc1ccccc1)Cc1ccc(O)cc1. The van der Waals surface area contributed by atoms with Crippen LogP contribution in [-0.2, 0) is 13.0 Å². The van der Waals surface area contributed by atoms with Gasteiger partial charge in [0.05, 0.1) is 0 Å². The van der Waals surface area contributed by atoms with E-state index in [1.165, 1.54) is 4.90 Å². The Morgan fingerprint density at radius 2 is 1.60 bits per heavy atom. The summed E-state index contributed by atoms with van der Waals surface area (Å²) in [6, 6.07) is 16.4. The van der Waals surface area contributed by atoms with Gasteiger partial charge < -0.3 is 15.1 Å². The Balaban J connectivity index is 1.97. The van der Waals surface area contributed by atoms with Crippen LogP contribution in [-0.4, -0.2) is 27.8 Å². The van der Waals surface area contributed by atoms with Gasteiger partial charge in [-0.25, -0.2) is 4.79 Å². The van der Waals surface area contributed by atoms with Gasteiger partial charge >= 0.3 is 6.09 Å². The molecular weight excluding hydrogens is 254 g/mol. The van der Waals surface area contributed by atoms with Gasteiger partial charge in [-0.1, -0.05) is 42.5 Å². The Labute approximate surface area is 117 Å². The molecule has 2 rings (SSSR count). The maximum atomic E-state index is 11.3. The van der Waals surface area contributed by atoms with Crippen LogP contribution in [0.1, 0.15) is 11.1 Å². The van der Waals surface area contributed by atoms with Gasteiger partial charge in [0.15, 0.2) is 0 Å². The number of phenols is 1. The fraction of sp³-hybridized carbons (Fsp3) is 0.188. The van der Waals surface area contributed by atoms with E-state index in [-0.39, 0.29) is 5.75 Å². The molecule has 2 N–H and O–H groups in total. The van der Waals surface area contributed by atoms with E-state index >= 15 is 0 Å². The van der Waals surface area contributed by atoms with Gasteiger partial charge in [-0.15, -0.1) is 0 Å². The molecule has 0 heterocycles. The average molecular weight is 271 g/mol. The zero-order chi connectivity index (χ0) is 14.4. The van der Waals surface area contributed by atoms with Crippen LogP contribution < -0.4 is 0 Å². The highest BCUT2D eigenvalue weighted by molar-refractivity contribution is 5.65. The van der Waals surface area contributed by atoms with Crippen LogP contribution in [0, 0.1) is 0 Å². The van der Waals surface area contributed by atoms with Crippen molar-refractivity contribution >= 4 is 6.09 Å². The lowest BCUT2D eigenvalue weighted by molar-refractivity contribution is 0.143. The zero-order valence-corrected chi connectivity index (χ0v) is 11.1. The van der Waals surface area contributed by atoms with Crippen molar-refractivity contribution in [2.24, 2.45) is 0 Å². The largest absolute Gasteiger partial charge is 0.508 e. The molecule has 1 amide bonds. The first-order valence-electron chi connectivity index (χ1n) is 6.45. The second-order valence-electron chi connectivity index (χ2n) is 4.61. The van der Waals surface area contributed by atoms with Crippen molar-refractivity contribution in [2.75, 3.05) is 6.54 Å². The van der Waals surface area contributed by atoms with Crippen LogP contribution in [0.4, 0.5) is 4.79 Å². The highest BCUT2D eigenvalue weighted by Crippen LogP contribution is 2.12. The van der Waals surface area contributed by atoms with Crippen LogP contribution >= 0.6 is 0 Å². The monoisotopic (exact) mass is 271 g/mol. The van der Waals surface area contributed by atoms with E-state index in [0.29, 0.717) is 19.5 Å². The minimum atomic E-state index is -0.936. The van der Waals surface area contributed by atoms with Crippen LogP contribution in [0.25, 0.3) is 0 Å². The van der Waals surface area contributed by atoms with Gasteiger partial charge in [-0.3, -0.25) is 0 Å². The molecule has 0 radical (unpaired) electrons. The van der Waals surface area contributed by atoms with Gasteiger partial charge in [-0.2, -0.15) is 0 Å². The molecule has 0 atom stereocenters. The zero-order valence-electron chi connectivity index (χ0n) is 11.1. The first-order valence-corrected chi connectivity index (χ1v) is 6.45. The molecule has 20 heavy (non-hydrogen) atoms. The Morgan fingerprint density at radius 3 is 2.20 bits per heavy atom. The summed E-state index contributed by atoms with van der Waals surface area (Å²) in [5.74, 6) is 0.180. The molecule has 4 heteroatoms. The van der Waals surface area contributed by atoms with Crippen LogP contribution in [0.5, 0.6) is 5.75 Å². The van der Waals surface area contributed by atoms with Crippen molar-refractivity contribution in [3.63, 3.8) is 0 Å². The molecule has 2 aromatic carbocycles. The van der Waals surface area contributed by atoms with E-state index in [1.54, 1.807) is 24.3 Å². The molecule has 0 aliphatic heterocycles. The third-order valence-electron chi connectivity index (χ3n) is 3.09. The fourth-order valence-corrected chi connectivity index (χ4v) is 1.97. The summed E-state index contributed by atoms with van der Waals surface area (Å²) < 4.78 is 0. The molecule has 0 unspecified atom stereocenters. The molecule has 2 aromatic rings. The first-order chi connectivity index (χ1) is 9.65. The van der Waals surface area contributed by atoms with E-state index in [4.69, 9.17) is 0 Å². The van der Waals surface area contributed by atoms with E-state index in [1.807, 2.05) is 30.3 Å². The van der Waals surface area contributed by atoms with Crippen molar-refractivity contribution in [3.05, 3.63) is 65.7 Å². The predicted molar refractivity (Wildman–Crippen MR) is 76.7 cm³/mol. The van der Waals surface area contributed by atoms with Gasteiger partial charge in [0.2, 0.25) is 0 Å². The van der Waals surface area contributed by atoms with Gasteiger partial charge in [0.1, 0.15) is 5.75 Å². The maximum absolute atomic E-state index is 11.3. The van der Waals surface area contributed by atoms with Crippen molar-refractivity contribution in [2.45, 2.75) is 13.0 Å². The minimum absolute atomic E-state index is 0.180. The van der Waals surface area contributed by atoms with Crippen LogP contribution in [0.15, 0.2) is 54.6 Å². The number of hydrogen-bond acceptors (Lipinski definition) is 2.